The lowest BCUT2D eigenvalue weighted by molar-refractivity contribution is -0.0507. The third kappa shape index (κ3) is 6.22. The molecular formula is C18H19F2NO7S. The fourth-order valence-electron chi connectivity index (χ4n) is 2.40. The third-order valence-corrected chi connectivity index (χ3v) is 3.96. The first-order valence-corrected chi connectivity index (χ1v) is 9.43. The Labute approximate surface area is 166 Å². The van der Waals surface area contributed by atoms with Crippen LogP contribution in [-0.2, 0) is 10.3 Å². The zero-order valence-corrected chi connectivity index (χ0v) is 16.5. The van der Waals surface area contributed by atoms with Gasteiger partial charge in [-0.25, -0.2) is 0 Å². The van der Waals surface area contributed by atoms with E-state index in [9.17, 15) is 17.2 Å². The van der Waals surface area contributed by atoms with Crippen molar-refractivity contribution in [3.63, 3.8) is 0 Å². The quantitative estimate of drug-likeness (QED) is 0.608. The minimum Gasteiger partial charge on any atom is -0.493 e. The molecule has 0 amide bonds. The van der Waals surface area contributed by atoms with Gasteiger partial charge in [0.2, 0.25) is 5.75 Å². The zero-order valence-electron chi connectivity index (χ0n) is 15.7. The SMILES string of the molecule is COc1cc(/C=C/c2ccc(OC(F)F)c(OS(N)(=O)=O)c2)cc(OC)c1OC. The van der Waals surface area contributed by atoms with Crippen molar-refractivity contribution >= 4 is 22.5 Å². The minimum absolute atomic E-state index is 0.421. The highest BCUT2D eigenvalue weighted by atomic mass is 32.2. The molecule has 0 aliphatic rings. The molecule has 0 saturated heterocycles. The van der Waals surface area contributed by atoms with Crippen molar-refractivity contribution in [1.82, 2.24) is 0 Å². The lowest BCUT2D eigenvalue weighted by atomic mass is 10.1. The summed E-state index contributed by atoms with van der Waals surface area (Å²) in [5, 5.41) is 4.82. The van der Waals surface area contributed by atoms with E-state index in [4.69, 9.17) is 19.3 Å². The molecule has 2 rings (SSSR count). The molecule has 0 spiro atoms. The maximum Gasteiger partial charge on any atom is 0.387 e. The molecule has 2 aromatic carbocycles. The molecule has 0 aliphatic heterocycles. The van der Waals surface area contributed by atoms with E-state index in [0.29, 0.717) is 28.4 Å². The predicted octanol–water partition coefficient (Wildman–Crippen LogP) is 3.07. The van der Waals surface area contributed by atoms with Gasteiger partial charge in [-0.2, -0.15) is 22.3 Å². The van der Waals surface area contributed by atoms with Gasteiger partial charge in [0.05, 0.1) is 21.3 Å². The Morgan fingerprint density at radius 3 is 1.90 bits per heavy atom. The molecule has 0 saturated carbocycles. The second-order valence-corrected chi connectivity index (χ2v) is 6.61. The number of ether oxygens (including phenoxy) is 4. The summed E-state index contributed by atoms with van der Waals surface area (Å²) in [5.74, 6) is 0.346. The van der Waals surface area contributed by atoms with E-state index in [1.54, 1.807) is 24.3 Å². The maximum absolute atomic E-state index is 12.5. The average Bonchev–Trinajstić information content (AvgIpc) is 2.65. The zero-order chi connectivity index (χ0) is 21.6. The minimum atomic E-state index is -4.44. The van der Waals surface area contributed by atoms with Crippen molar-refractivity contribution in [2.75, 3.05) is 21.3 Å². The molecule has 0 aromatic heterocycles. The first-order chi connectivity index (χ1) is 13.7. The van der Waals surface area contributed by atoms with Gasteiger partial charge in [0, 0.05) is 0 Å². The van der Waals surface area contributed by atoms with Crippen molar-refractivity contribution in [2.45, 2.75) is 6.61 Å². The van der Waals surface area contributed by atoms with Crippen molar-refractivity contribution in [3.8, 4) is 28.7 Å². The number of hydrogen-bond acceptors (Lipinski definition) is 7. The highest BCUT2D eigenvalue weighted by molar-refractivity contribution is 7.84. The summed E-state index contributed by atoms with van der Waals surface area (Å²) in [5.41, 5.74) is 1.10. The van der Waals surface area contributed by atoms with Gasteiger partial charge in [-0.1, -0.05) is 18.2 Å². The Balaban J connectivity index is 2.40. The van der Waals surface area contributed by atoms with Crippen LogP contribution in [0.2, 0.25) is 0 Å². The van der Waals surface area contributed by atoms with Crippen molar-refractivity contribution < 1.29 is 40.3 Å². The van der Waals surface area contributed by atoms with Crippen LogP contribution >= 0.6 is 0 Å². The van der Waals surface area contributed by atoms with Gasteiger partial charge in [-0.15, -0.1) is 0 Å². The first-order valence-electron chi connectivity index (χ1n) is 7.96. The van der Waals surface area contributed by atoms with Crippen LogP contribution in [0.25, 0.3) is 12.2 Å². The monoisotopic (exact) mass is 431 g/mol. The predicted molar refractivity (Wildman–Crippen MR) is 102 cm³/mol. The van der Waals surface area contributed by atoms with Gasteiger partial charge in [0.15, 0.2) is 23.0 Å². The van der Waals surface area contributed by atoms with Crippen LogP contribution in [-0.4, -0.2) is 36.4 Å². The summed E-state index contributed by atoms with van der Waals surface area (Å²) in [6.07, 6.45) is 3.25. The standard InChI is InChI=1S/C18H19F2NO7S/c1-24-15-9-12(10-16(25-2)17(15)26-3)5-4-11-6-7-13(27-18(19)20)14(8-11)28-29(21,22)23/h4-10,18H,1-3H3,(H2,21,22,23)/b5-4+. The number of benzene rings is 2. The van der Waals surface area contributed by atoms with Gasteiger partial charge in [0.1, 0.15) is 0 Å². The molecule has 0 heterocycles. The molecule has 0 atom stereocenters. The summed E-state index contributed by atoms with van der Waals surface area (Å²) in [7, 11) is -0.0117. The molecule has 8 nitrogen and oxygen atoms in total. The van der Waals surface area contributed by atoms with E-state index in [-0.39, 0.29) is 0 Å². The van der Waals surface area contributed by atoms with E-state index < -0.39 is 28.4 Å². The largest absolute Gasteiger partial charge is 0.493 e. The fourth-order valence-corrected chi connectivity index (χ4v) is 2.78. The Bertz CT molecular complexity index is 969. The summed E-state index contributed by atoms with van der Waals surface area (Å²) >= 11 is 0. The van der Waals surface area contributed by atoms with E-state index in [1.165, 1.54) is 33.5 Å². The number of nitrogens with two attached hydrogens (primary N) is 1. The number of methoxy groups -OCH3 is 3. The number of hydrogen-bond donors (Lipinski definition) is 1. The fraction of sp³-hybridized carbons (Fsp3) is 0.222. The molecule has 2 aromatic rings. The highest BCUT2D eigenvalue weighted by Crippen LogP contribution is 2.39. The lowest BCUT2D eigenvalue weighted by Gasteiger charge is -2.13. The van der Waals surface area contributed by atoms with E-state index >= 15 is 0 Å². The third-order valence-electron chi connectivity index (χ3n) is 3.55. The first kappa shape index (κ1) is 22.2. The molecule has 0 aliphatic carbocycles. The van der Waals surface area contributed by atoms with Gasteiger partial charge < -0.3 is 23.1 Å². The topological polar surface area (TPSA) is 106 Å². The molecule has 2 N–H and O–H groups in total. The smallest absolute Gasteiger partial charge is 0.387 e. The summed E-state index contributed by atoms with van der Waals surface area (Å²) in [6.45, 7) is -3.17. The van der Waals surface area contributed by atoms with Crippen LogP contribution in [0.4, 0.5) is 8.78 Å². The van der Waals surface area contributed by atoms with Crippen molar-refractivity contribution in [2.24, 2.45) is 5.14 Å². The molecule has 11 heteroatoms. The average molecular weight is 431 g/mol. The summed E-state index contributed by atoms with van der Waals surface area (Å²) < 4.78 is 71.9. The van der Waals surface area contributed by atoms with Gasteiger partial charge in [0.25, 0.3) is 0 Å². The van der Waals surface area contributed by atoms with Crippen LogP contribution in [0.1, 0.15) is 11.1 Å². The Morgan fingerprint density at radius 2 is 1.41 bits per heavy atom. The van der Waals surface area contributed by atoms with Crippen LogP contribution in [0, 0.1) is 0 Å². The van der Waals surface area contributed by atoms with Crippen LogP contribution in [0.15, 0.2) is 30.3 Å². The molecule has 0 fully saturated rings. The normalized spacial score (nSPS) is 11.6. The summed E-state index contributed by atoms with van der Waals surface area (Å²) in [6, 6.07) is 7.14. The van der Waals surface area contributed by atoms with Gasteiger partial charge in [-0.05, 0) is 35.4 Å². The molecule has 0 radical (unpaired) electrons. The van der Waals surface area contributed by atoms with Crippen LogP contribution < -0.4 is 28.3 Å². The summed E-state index contributed by atoms with van der Waals surface area (Å²) in [4.78, 5) is 0. The lowest BCUT2D eigenvalue weighted by Crippen LogP contribution is -2.19. The van der Waals surface area contributed by atoms with E-state index in [0.717, 1.165) is 6.07 Å². The highest BCUT2D eigenvalue weighted by Gasteiger charge is 2.16. The molecule has 0 unspecified atom stereocenters. The Kier molecular flexibility index (Phi) is 7.23. The maximum atomic E-state index is 12.5. The van der Waals surface area contributed by atoms with Crippen molar-refractivity contribution in [1.29, 1.82) is 0 Å². The van der Waals surface area contributed by atoms with Gasteiger partial charge in [-0.3, -0.25) is 0 Å². The molecule has 29 heavy (non-hydrogen) atoms. The second-order valence-electron chi connectivity index (χ2n) is 5.45. The molecular weight excluding hydrogens is 412 g/mol. The molecule has 158 valence electrons. The van der Waals surface area contributed by atoms with Crippen LogP contribution in [0.3, 0.4) is 0 Å². The molecule has 0 bridgehead atoms. The van der Waals surface area contributed by atoms with Crippen molar-refractivity contribution in [3.05, 3.63) is 41.5 Å². The van der Waals surface area contributed by atoms with E-state index in [2.05, 4.69) is 8.92 Å². The second kappa shape index (κ2) is 9.43. The van der Waals surface area contributed by atoms with E-state index in [1.807, 2.05) is 0 Å². The number of halogens is 2. The Morgan fingerprint density at radius 1 is 0.862 bits per heavy atom. The van der Waals surface area contributed by atoms with Crippen LogP contribution in [0.5, 0.6) is 28.7 Å². The number of alkyl halides is 2. The Hall–Kier alpha value is -3.05. The van der Waals surface area contributed by atoms with Gasteiger partial charge >= 0.3 is 16.9 Å². The number of rotatable bonds is 9.